The summed E-state index contributed by atoms with van der Waals surface area (Å²) < 4.78 is 53.8. The molecule has 5 rings (SSSR count). The molecule has 192 valence electrons. The zero-order chi connectivity index (χ0) is 26.4. The van der Waals surface area contributed by atoms with E-state index < -0.39 is 20.0 Å². The Morgan fingerprint density at radius 1 is 0.946 bits per heavy atom. The number of rotatable bonds is 8. The summed E-state index contributed by atoms with van der Waals surface area (Å²) in [5.41, 5.74) is 2.63. The molecular formula is C25H25N5O5S2. The van der Waals surface area contributed by atoms with Gasteiger partial charge in [-0.15, -0.1) is 0 Å². The van der Waals surface area contributed by atoms with E-state index in [1.165, 1.54) is 38.4 Å². The number of nitrogens with zero attached hydrogens (tertiary/aromatic N) is 2. The van der Waals surface area contributed by atoms with Crippen molar-refractivity contribution in [2.75, 3.05) is 24.1 Å². The van der Waals surface area contributed by atoms with Gasteiger partial charge in [-0.3, -0.25) is 9.52 Å². The molecule has 3 N–H and O–H groups in total. The molecule has 1 aliphatic carbocycles. The number of fused-ring (bicyclic) bond motifs is 1. The second-order valence-corrected chi connectivity index (χ2v) is 12.8. The van der Waals surface area contributed by atoms with Gasteiger partial charge in [0.15, 0.2) is 0 Å². The minimum atomic E-state index is -3.94. The van der Waals surface area contributed by atoms with Crippen LogP contribution in [-0.4, -0.2) is 51.1 Å². The number of pyridine rings is 1. The van der Waals surface area contributed by atoms with Gasteiger partial charge in [-0.05, 0) is 72.5 Å². The van der Waals surface area contributed by atoms with Crippen molar-refractivity contribution in [3.8, 4) is 11.1 Å². The first kappa shape index (κ1) is 24.9. The highest BCUT2D eigenvalue weighted by molar-refractivity contribution is 7.92. The average Bonchev–Trinajstić information content (AvgIpc) is 3.62. The molecule has 2 aromatic heterocycles. The van der Waals surface area contributed by atoms with E-state index in [4.69, 9.17) is 0 Å². The molecule has 1 amide bonds. The van der Waals surface area contributed by atoms with Crippen LogP contribution in [0.15, 0.2) is 76.7 Å². The zero-order valence-electron chi connectivity index (χ0n) is 20.1. The monoisotopic (exact) mass is 539 g/mol. The van der Waals surface area contributed by atoms with Gasteiger partial charge in [-0.2, -0.15) is 0 Å². The van der Waals surface area contributed by atoms with Crippen LogP contribution in [0.2, 0.25) is 0 Å². The summed E-state index contributed by atoms with van der Waals surface area (Å²) in [6, 6.07) is 15.6. The standard InChI is InChI=1S/C25H25N5O5S2/c1-30(2)37(34,35)20-11-9-19(10-12-20)36(32,33)29-18-7-5-16(6-8-18)22-15-23(28-25(31)17-3-4-17)27-24-21(22)13-14-26-24/h5-15,17,29H,3-4H2,1-2H3,(H2,26,27,28,31). The van der Waals surface area contributed by atoms with E-state index in [0.717, 1.165) is 33.7 Å². The quantitative estimate of drug-likeness (QED) is 0.312. The van der Waals surface area contributed by atoms with Crippen molar-refractivity contribution in [1.82, 2.24) is 14.3 Å². The van der Waals surface area contributed by atoms with Crippen LogP contribution >= 0.6 is 0 Å². The molecule has 0 atom stereocenters. The Bertz CT molecular complexity index is 1690. The van der Waals surface area contributed by atoms with E-state index in [9.17, 15) is 21.6 Å². The van der Waals surface area contributed by atoms with E-state index in [2.05, 4.69) is 20.0 Å². The van der Waals surface area contributed by atoms with Crippen molar-refractivity contribution in [2.45, 2.75) is 22.6 Å². The van der Waals surface area contributed by atoms with Gasteiger partial charge in [0.2, 0.25) is 15.9 Å². The Morgan fingerprint density at radius 3 is 2.22 bits per heavy atom. The number of nitrogens with one attached hydrogen (secondary N) is 3. The van der Waals surface area contributed by atoms with Crippen molar-refractivity contribution in [3.05, 3.63) is 66.9 Å². The van der Waals surface area contributed by atoms with Gasteiger partial charge in [0, 0.05) is 37.3 Å². The molecule has 1 saturated carbocycles. The van der Waals surface area contributed by atoms with Crippen molar-refractivity contribution in [1.29, 1.82) is 0 Å². The van der Waals surface area contributed by atoms with E-state index in [1.807, 2.05) is 6.07 Å². The third kappa shape index (κ3) is 5.08. The van der Waals surface area contributed by atoms with Crippen molar-refractivity contribution in [2.24, 2.45) is 5.92 Å². The van der Waals surface area contributed by atoms with Crippen molar-refractivity contribution >= 4 is 48.5 Å². The van der Waals surface area contributed by atoms with Crippen LogP contribution in [0.1, 0.15) is 12.8 Å². The van der Waals surface area contributed by atoms with Crippen LogP contribution in [-0.2, 0) is 24.8 Å². The number of hydrogen-bond donors (Lipinski definition) is 3. The molecule has 0 radical (unpaired) electrons. The van der Waals surface area contributed by atoms with Crippen LogP contribution in [0.5, 0.6) is 0 Å². The normalized spacial score (nSPS) is 14.1. The molecule has 10 nitrogen and oxygen atoms in total. The summed E-state index contributed by atoms with van der Waals surface area (Å²) in [5, 5.41) is 3.74. The van der Waals surface area contributed by atoms with Crippen molar-refractivity contribution < 1.29 is 21.6 Å². The zero-order valence-corrected chi connectivity index (χ0v) is 21.7. The Labute approximate surface area is 214 Å². The lowest BCUT2D eigenvalue weighted by molar-refractivity contribution is -0.117. The van der Waals surface area contributed by atoms with Gasteiger partial charge < -0.3 is 10.3 Å². The predicted octanol–water partition coefficient (Wildman–Crippen LogP) is 3.63. The number of carbonyl (C=O) groups excluding carboxylic acids is 1. The molecular weight excluding hydrogens is 514 g/mol. The predicted molar refractivity (Wildman–Crippen MR) is 141 cm³/mol. The maximum atomic E-state index is 12.9. The average molecular weight is 540 g/mol. The molecule has 2 heterocycles. The Morgan fingerprint density at radius 2 is 1.59 bits per heavy atom. The molecule has 0 unspecified atom stereocenters. The van der Waals surface area contributed by atoms with Gasteiger partial charge >= 0.3 is 0 Å². The smallest absolute Gasteiger partial charge is 0.261 e. The van der Waals surface area contributed by atoms with Gasteiger partial charge in [0.25, 0.3) is 10.0 Å². The lowest BCUT2D eigenvalue weighted by Crippen LogP contribution is -2.22. The summed E-state index contributed by atoms with van der Waals surface area (Å²) in [5.74, 6) is 0.457. The number of aromatic nitrogens is 2. The summed E-state index contributed by atoms with van der Waals surface area (Å²) in [7, 11) is -4.79. The first-order valence-electron chi connectivity index (χ1n) is 11.5. The highest BCUT2D eigenvalue weighted by atomic mass is 32.2. The minimum absolute atomic E-state index is 0.00177. The molecule has 0 saturated heterocycles. The van der Waals surface area contributed by atoms with Crippen LogP contribution in [0.3, 0.4) is 0 Å². The molecule has 12 heteroatoms. The topological polar surface area (TPSA) is 141 Å². The number of carbonyl (C=O) groups is 1. The minimum Gasteiger partial charge on any atom is -0.346 e. The third-order valence-corrected chi connectivity index (χ3v) is 9.32. The molecule has 0 spiro atoms. The first-order chi connectivity index (χ1) is 17.5. The lowest BCUT2D eigenvalue weighted by Gasteiger charge is -2.13. The van der Waals surface area contributed by atoms with Crippen LogP contribution in [0, 0.1) is 5.92 Å². The Balaban J connectivity index is 1.38. The molecule has 1 aliphatic rings. The molecule has 4 aromatic rings. The first-order valence-corrected chi connectivity index (χ1v) is 14.4. The van der Waals surface area contributed by atoms with E-state index in [-0.39, 0.29) is 21.6 Å². The maximum absolute atomic E-state index is 12.9. The number of benzene rings is 2. The van der Waals surface area contributed by atoms with E-state index >= 15 is 0 Å². The molecule has 0 aliphatic heterocycles. The molecule has 0 bridgehead atoms. The SMILES string of the molecule is CN(C)S(=O)(=O)c1ccc(S(=O)(=O)Nc2ccc(-c3cc(NC(=O)C4CC4)nc4[nH]ccc34)cc2)cc1. The summed E-state index contributed by atoms with van der Waals surface area (Å²) in [6.07, 6.45) is 3.55. The summed E-state index contributed by atoms with van der Waals surface area (Å²) in [6.45, 7) is 0. The molecule has 1 fully saturated rings. The number of anilines is 2. The van der Waals surface area contributed by atoms with Crippen LogP contribution in [0.4, 0.5) is 11.5 Å². The number of sulfonamides is 2. The summed E-state index contributed by atoms with van der Waals surface area (Å²) in [4.78, 5) is 19.7. The largest absolute Gasteiger partial charge is 0.346 e. The van der Waals surface area contributed by atoms with Gasteiger partial charge in [0.05, 0.1) is 9.79 Å². The van der Waals surface area contributed by atoms with Gasteiger partial charge in [-0.1, -0.05) is 12.1 Å². The third-order valence-electron chi connectivity index (χ3n) is 6.09. The van der Waals surface area contributed by atoms with Crippen molar-refractivity contribution in [3.63, 3.8) is 0 Å². The maximum Gasteiger partial charge on any atom is 0.261 e. The fraction of sp³-hybridized carbons (Fsp3) is 0.200. The lowest BCUT2D eigenvalue weighted by atomic mass is 10.0. The second kappa shape index (κ2) is 9.29. The van der Waals surface area contributed by atoms with E-state index in [0.29, 0.717) is 17.2 Å². The van der Waals surface area contributed by atoms with Gasteiger partial charge in [0.1, 0.15) is 11.5 Å². The van der Waals surface area contributed by atoms with Crippen LogP contribution < -0.4 is 10.0 Å². The molecule has 2 aromatic carbocycles. The van der Waals surface area contributed by atoms with Gasteiger partial charge in [-0.25, -0.2) is 26.1 Å². The Hall–Kier alpha value is -3.74. The number of amides is 1. The number of aromatic amines is 1. The second-order valence-electron chi connectivity index (χ2n) is 9.00. The summed E-state index contributed by atoms with van der Waals surface area (Å²) >= 11 is 0. The Kier molecular flexibility index (Phi) is 6.26. The van der Waals surface area contributed by atoms with Crippen LogP contribution in [0.25, 0.3) is 22.2 Å². The highest BCUT2D eigenvalue weighted by Gasteiger charge is 2.30. The fourth-order valence-electron chi connectivity index (χ4n) is 3.85. The molecule has 37 heavy (non-hydrogen) atoms. The van der Waals surface area contributed by atoms with E-state index in [1.54, 1.807) is 36.5 Å². The highest BCUT2D eigenvalue weighted by Crippen LogP contribution is 2.33. The fourth-order valence-corrected chi connectivity index (χ4v) is 5.81. The number of H-pyrrole nitrogens is 1. The number of hydrogen-bond acceptors (Lipinski definition) is 6.